The lowest BCUT2D eigenvalue weighted by atomic mass is 10.2. The summed E-state index contributed by atoms with van der Waals surface area (Å²) in [6.07, 6.45) is 0. The summed E-state index contributed by atoms with van der Waals surface area (Å²) in [6, 6.07) is 16.9. The molecule has 0 aromatic heterocycles. The molecule has 0 atom stereocenters. The van der Waals surface area contributed by atoms with E-state index < -0.39 is 10.0 Å². The van der Waals surface area contributed by atoms with Gasteiger partial charge in [0.05, 0.1) is 27.7 Å². The zero-order valence-electron chi connectivity index (χ0n) is 15.1. The average molecular weight is 451 g/mol. The molecule has 0 radical (unpaired) electrons. The van der Waals surface area contributed by atoms with Gasteiger partial charge in [-0.15, -0.1) is 0 Å². The summed E-state index contributed by atoms with van der Waals surface area (Å²) in [6.45, 7) is 0. The highest BCUT2D eigenvalue weighted by Crippen LogP contribution is 2.27. The first-order valence-corrected chi connectivity index (χ1v) is 10.6. The maximum absolute atomic E-state index is 12.5. The van der Waals surface area contributed by atoms with Crippen LogP contribution in [0.5, 0.6) is 5.75 Å². The van der Waals surface area contributed by atoms with Gasteiger partial charge in [-0.25, -0.2) is 8.42 Å². The van der Waals surface area contributed by atoms with Crippen molar-refractivity contribution in [2.24, 2.45) is 0 Å². The Morgan fingerprint density at radius 2 is 1.48 bits per heavy atom. The van der Waals surface area contributed by atoms with Crippen molar-refractivity contribution in [2.45, 2.75) is 4.90 Å². The number of amides is 1. The monoisotopic (exact) mass is 450 g/mol. The molecule has 3 aromatic carbocycles. The van der Waals surface area contributed by atoms with E-state index in [0.29, 0.717) is 22.0 Å². The number of methoxy groups -OCH3 is 1. The molecule has 3 aromatic rings. The van der Waals surface area contributed by atoms with Crippen LogP contribution in [0.1, 0.15) is 10.4 Å². The van der Waals surface area contributed by atoms with Crippen molar-refractivity contribution >= 4 is 50.5 Å². The SMILES string of the molecule is COc1ccc(C(=O)Nc2ccc(S(=O)(=O)Nc3ccc(Cl)c(Cl)c3)cc2)cc1. The van der Waals surface area contributed by atoms with Gasteiger partial charge in [-0.05, 0) is 66.7 Å². The summed E-state index contributed by atoms with van der Waals surface area (Å²) in [5.74, 6) is 0.322. The molecule has 29 heavy (non-hydrogen) atoms. The molecule has 150 valence electrons. The molecule has 0 heterocycles. The number of hydrogen-bond acceptors (Lipinski definition) is 4. The van der Waals surface area contributed by atoms with Gasteiger partial charge < -0.3 is 10.1 Å². The third-order valence-corrected chi connectivity index (χ3v) is 6.08. The molecule has 9 heteroatoms. The van der Waals surface area contributed by atoms with Crippen LogP contribution in [0.3, 0.4) is 0 Å². The van der Waals surface area contributed by atoms with E-state index in [1.807, 2.05) is 0 Å². The Bertz CT molecular complexity index is 1130. The first kappa shape index (κ1) is 21.0. The van der Waals surface area contributed by atoms with Crippen LogP contribution in [0, 0.1) is 0 Å². The summed E-state index contributed by atoms with van der Waals surface area (Å²) in [5.41, 5.74) is 1.19. The Kier molecular flexibility index (Phi) is 6.32. The summed E-state index contributed by atoms with van der Waals surface area (Å²) in [4.78, 5) is 12.3. The minimum Gasteiger partial charge on any atom is -0.497 e. The van der Waals surface area contributed by atoms with E-state index in [4.69, 9.17) is 27.9 Å². The molecule has 1 amide bonds. The van der Waals surface area contributed by atoms with Crippen molar-refractivity contribution in [3.8, 4) is 5.75 Å². The van der Waals surface area contributed by atoms with E-state index in [0.717, 1.165) is 0 Å². The number of benzene rings is 3. The normalized spacial score (nSPS) is 11.0. The molecule has 6 nitrogen and oxygen atoms in total. The van der Waals surface area contributed by atoms with Gasteiger partial charge in [0, 0.05) is 11.3 Å². The van der Waals surface area contributed by atoms with E-state index in [1.54, 1.807) is 31.4 Å². The summed E-state index contributed by atoms with van der Waals surface area (Å²) >= 11 is 11.7. The molecular formula is C20H16Cl2N2O4S. The number of sulfonamides is 1. The highest BCUT2D eigenvalue weighted by molar-refractivity contribution is 7.92. The largest absolute Gasteiger partial charge is 0.497 e. The zero-order valence-corrected chi connectivity index (χ0v) is 17.5. The van der Waals surface area contributed by atoms with E-state index >= 15 is 0 Å². The number of ether oxygens (including phenoxy) is 1. The molecule has 0 saturated heterocycles. The number of hydrogen-bond donors (Lipinski definition) is 2. The van der Waals surface area contributed by atoms with E-state index in [9.17, 15) is 13.2 Å². The lowest BCUT2D eigenvalue weighted by Gasteiger charge is -2.10. The van der Waals surface area contributed by atoms with Crippen LogP contribution in [0.15, 0.2) is 71.6 Å². The molecule has 0 bridgehead atoms. The molecule has 2 N–H and O–H groups in total. The highest BCUT2D eigenvalue weighted by Gasteiger charge is 2.15. The lowest BCUT2D eigenvalue weighted by Crippen LogP contribution is -2.14. The molecule has 0 saturated carbocycles. The predicted octanol–water partition coefficient (Wildman–Crippen LogP) is 5.06. The smallest absolute Gasteiger partial charge is 0.261 e. The van der Waals surface area contributed by atoms with Gasteiger partial charge in [0.25, 0.3) is 15.9 Å². The van der Waals surface area contributed by atoms with Crippen LogP contribution in [-0.2, 0) is 10.0 Å². The van der Waals surface area contributed by atoms with Gasteiger partial charge in [0.15, 0.2) is 0 Å². The zero-order chi connectivity index (χ0) is 21.0. The van der Waals surface area contributed by atoms with Crippen molar-refractivity contribution in [2.75, 3.05) is 17.1 Å². The summed E-state index contributed by atoms with van der Waals surface area (Å²) in [5, 5.41) is 3.28. The number of halogens is 2. The topological polar surface area (TPSA) is 84.5 Å². The van der Waals surface area contributed by atoms with Gasteiger partial charge in [-0.1, -0.05) is 23.2 Å². The Morgan fingerprint density at radius 3 is 2.07 bits per heavy atom. The van der Waals surface area contributed by atoms with Crippen LogP contribution in [0.2, 0.25) is 10.0 Å². The molecule has 0 aliphatic heterocycles. The molecule has 0 unspecified atom stereocenters. The first-order valence-electron chi connectivity index (χ1n) is 8.32. The summed E-state index contributed by atoms with van der Waals surface area (Å²) < 4.78 is 32.5. The maximum Gasteiger partial charge on any atom is 0.261 e. The van der Waals surface area contributed by atoms with Crippen LogP contribution >= 0.6 is 23.2 Å². The Morgan fingerprint density at radius 1 is 0.862 bits per heavy atom. The quantitative estimate of drug-likeness (QED) is 0.549. The summed E-state index contributed by atoms with van der Waals surface area (Å²) in [7, 11) is -2.28. The van der Waals surface area contributed by atoms with E-state index in [2.05, 4.69) is 10.0 Å². The van der Waals surface area contributed by atoms with Crippen LogP contribution < -0.4 is 14.8 Å². The second kappa shape index (κ2) is 8.73. The third kappa shape index (κ3) is 5.20. The van der Waals surface area contributed by atoms with Crippen molar-refractivity contribution in [1.29, 1.82) is 0 Å². The van der Waals surface area contributed by atoms with Crippen LogP contribution in [0.25, 0.3) is 0 Å². The van der Waals surface area contributed by atoms with Gasteiger partial charge in [0.1, 0.15) is 5.75 Å². The predicted molar refractivity (Wildman–Crippen MR) is 115 cm³/mol. The maximum atomic E-state index is 12.5. The molecular weight excluding hydrogens is 435 g/mol. The number of nitrogens with one attached hydrogen (secondary N) is 2. The Hall–Kier alpha value is -2.74. The highest BCUT2D eigenvalue weighted by atomic mass is 35.5. The van der Waals surface area contributed by atoms with Crippen LogP contribution in [0.4, 0.5) is 11.4 Å². The van der Waals surface area contributed by atoms with Crippen molar-refractivity contribution < 1.29 is 17.9 Å². The number of carbonyl (C=O) groups excluding carboxylic acids is 1. The number of rotatable bonds is 6. The Balaban J connectivity index is 1.71. The number of carbonyl (C=O) groups is 1. The van der Waals surface area contributed by atoms with Gasteiger partial charge in [0.2, 0.25) is 0 Å². The average Bonchev–Trinajstić information content (AvgIpc) is 2.71. The third-order valence-electron chi connectivity index (χ3n) is 3.95. The fraction of sp³-hybridized carbons (Fsp3) is 0.0500. The second-order valence-electron chi connectivity index (χ2n) is 5.94. The standard InChI is InChI=1S/C20H16Cl2N2O4S/c1-28-16-7-2-13(3-8-16)20(25)23-14-4-9-17(10-5-14)29(26,27)24-15-6-11-18(21)19(22)12-15/h2-12,24H,1H3,(H,23,25). The molecule has 0 aliphatic rings. The van der Waals surface area contributed by atoms with Gasteiger partial charge in [-0.3, -0.25) is 9.52 Å². The molecule has 3 rings (SSSR count). The molecule has 0 spiro atoms. The van der Waals surface area contributed by atoms with Crippen molar-refractivity contribution in [3.05, 3.63) is 82.3 Å². The molecule has 0 fully saturated rings. The van der Waals surface area contributed by atoms with Gasteiger partial charge in [-0.2, -0.15) is 0 Å². The number of anilines is 2. The fourth-order valence-corrected chi connectivity index (χ4v) is 3.78. The minimum absolute atomic E-state index is 0.0334. The van der Waals surface area contributed by atoms with Crippen molar-refractivity contribution in [1.82, 2.24) is 0 Å². The second-order valence-corrected chi connectivity index (χ2v) is 8.44. The minimum atomic E-state index is -3.83. The fourth-order valence-electron chi connectivity index (χ4n) is 2.44. The van der Waals surface area contributed by atoms with Crippen LogP contribution in [-0.4, -0.2) is 21.4 Å². The molecule has 0 aliphatic carbocycles. The van der Waals surface area contributed by atoms with Gasteiger partial charge >= 0.3 is 0 Å². The van der Waals surface area contributed by atoms with E-state index in [-0.39, 0.29) is 21.5 Å². The van der Waals surface area contributed by atoms with E-state index in [1.165, 1.54) is 42.5 Å². The lowest BCUT2D eigenvalue weighted by molar-refractivity contribution is 0.102. The van der Waals surface area contributed by atoms with Crippen molar-refractivity contribution in [3.63, 3.8) is 0 Å². The Labute approximate surface area is 178 Å². The first-order chi connectivity index (χ1) is 13.8.